The molecule has 0 atom stereocenters. The molecule has 0 spiro atoms. The number of methoxy groups -OCH3 is 1. The molecule has 0 aliphatic carbocycles. The van der Waals surface area contributed by atoms with Crippen LogP contribution in [-0.2, 0) is 18.6 Å². The first-order valence-corrected chi connectivity index (χ1v) is 8.51. The van der Waals surface area contributed by atoms with Gasteiger partial charge in [-0.3, -0.25) is 4.79 Å². The van der Waals surface area contributed by atoms with E-state index in [0.717, 1.165) is 0 Å². The van der Waals surface area contributed by atoms with Crippen LogP contribution in [0.5, 0.6) is 5.75 Å². The molecule has 118 valence electrons. The van der Waals surface area contributed by atoms with Crippen LogP contribution in [0.1, 0.15) is 11.1 Å². The molecule has 0 aromatic heterocycles. The van der Waals surface area contributed by atoms with Gasteiger partial charge in [-0.1, -0.05) is 0 Å². The Hall–Kier alpha value is -1.31. The van der Waals surface area contributed by atoms with Crippen LogP contribution in [0.2, 0.25) is 0 Å². The largest absolute Gasteiger partial charge is 0.483 e. The number of carbonyl (C=O) groups excluding carboxylic acids is 1. The van der Waals surface area contributed by atoms with Crippen molar-refractivity contribution in [3.63, 3.8) is 0 Å². The van der Waals surface area contributed by atoms with E-state index in [1.165, 1.54) is 12.1 Å². The molecule has 8 heteroatoms. The van der Waals surface area contributed by atoms with E-state index in [0.29, 0.717) is 30.0 Å². The zero-order valence-electron chi connectivity index (χ0n) is 12.1. The Morgan fingerprint density at radius 3 is 2.52 bits per heavy atom. The third kappa shape index (κ3) is 5.18. The fraction of sp³-hybridized carbons (Fsp3) is 0.462. The number of hydrogen-bond donors (Lipinski definition) is 1. The normalized spacial score (nSPS) is 11.2. The second kappa shape index (κ2) is 7.63. The summed E-state index contributed by atoms with van der Waals surface area (Å²) in [4.78, 5) is 11.5. The van der Waals surface area contributed by atoms with Crippen molar-refractivity contribution in [3.05, 3.63) is 23.3 Å². The first-order chi connectivity index (χ1) is 9.77. The smallest absolute Gasteiger partial charge is 0.261 e. The topological polar surface area (TPSA) is 81.7 Å². The number of carbonyl (C=O) groups is 1. The molecule has 6 nitrogen and oxygen atoms in total. The summed E-state index contributed by atoms with van der Waals surface area (Å²) < 4.78 is 33.0. The predicted octanol–water partition coefficient (Wildman–Crippen LogP) is 1.37. The minimum atomic E-state index is -3.80. The molecule has 1 rings (SSSR count). The van der Waals surface area contributed by atoms with E-state index in [1.54, 1.807) is 21.0 Å². The lowest BCUT2D eigenvalue weighted by Crippen LogP contribution is -2.31. The third-order valence-electron chi connectivity index (χ3n) is 2.94. The Labute approximate surface area is 128 Å². The molecule has 0 aliphatic rings. The van der Waals surface area contributed by atoms with E-state index in [9.17, 15) is 13.2 Å². The molecular formula is C13H18ClNO5S. The SMILES string of the molecule is COCCNC(=O)COc1ccc(S(=O)(=O)Cl)c(C)c1C. The van der Waals surface area contributed by atoms with E-state index in [-0.39, 0.29) is 17.4 Å². The molecule has 1 amide bonds. The van der Waals surface area contributed by atoms with Crippen molar-refractivity contribution in [2.24, 2.45) is 0 Å². The van der Waals surface area contributed by atoms with Crippen molar-refractivity contribution in [1.82, 2.24) is 5.32 Å². The summed E-state index contributed by atoms with van der Waals surface area (Å²) in [6, 6.07) is 2.85. The highest BCUT2D eigenvalue weighted by atomic mass is 35.7. The van der Waals surface area contributed by atoms with Gasteiger partial charge >= 0.3 is 0 Å². The van der Waals surface area contributed by atoms with Crippen LogP contribution >= 0.6 is 10.7 Å². The van der Waals surface area contributed by atoms with Crippen LogP contribution in [0.4, 0.5) is 0 Å². The highest BCUT2D eigenvalue weighted by molar-refractivity contribution is 8.13. The predicted molar refractivity (Wildman–Crippen MR) is 79.3 cm³/mol. The first-order valence-electron chi connectivity index (χ1n) is 6.20. The molecule has 0 saturated heterocycles. The minimum Gasteiger partial charge on any atom is -0.483 e. The van der Waals surface area contributed by atoms with E-state index in [1.807, 2.05) is 0 Å². The van der Waals surface area contributed by atoms with Gasteiger partial charge in [0.1, 0.15) is 5.75 Å². The summed E-state index contributed by atoms with van der Waals surface area (Å²) >= 11 is 0. The zero-order valence-corrected chi connectivity index (χ0v) is 13.7. The number of halogens is 1. The molecule has 21 heavy (non-hydrogen) atoms. The van der Waals surface area contributed by atoms with Crippen molar-refractivity contribution in [2.75, 3.05) is 26.9 Å². The molecule has 1 aromatic carbocycles. The van der Waals surface area contributed by atoms with Gasteiger partial charge in [-0.2, -0.15) is 0 Å². The molecule has 0 fully saturated rings. The molecular weight excluding hydrogens is 318 g/mol. The molecule has 0 unspecified atom stereocenters. The van der Waals surface area contributed by atoms with Gasteiger partial charge in [0, 0.05) is 24.3 Å². The van der Waals surface area contributed by atoms with Crippen LogP contribution in [0.25, 0.3) is 0 Å². The Morgan fingerprint density at radius 2 is 1.95 bits per heavy atom. The monoisotopic (exact) mass is 335 g/mol. The zero-order chi connectivity index (χ0) is 16.0. The van der Waals surface area contributed by atoms with Gasteiger partial charge in [0.2, 0.25) is 0 Å². The van der Waals surface area contributed by atoms with Crippen molar-refractivity contribution >= 4 is 25.6 Å². The van der Waals surface area contributed by atoms with Gasteiger partial charge < -0.3 is 14.8 Å². The lowest BCUT2D eigenvalue weighted by atomic mass is 10.1. The van der Waals surface area contributed by atoms with Gasteiger partial charge in [0.15, 0.2) is 6.61 Å². The maximum absolute atomic E-state index is 11.5. The fourth-order valence-corrected chi connectivity index (χ4v) is 2.93. The number of hydrogen-bond acceptors (Lipinski definition) is 5. The number of rotatable bonds is 7. The molecule has 0 radical (unpaired) electrons. The van der Waals surface area contributed by atoms with Crippen LogP contribution < -0.4 is 10.1 Å². The van der Waals surface area contributed by atoms with Gasteiger partial charge in [0.05, 0.1) is 11.5 Å². The van der Waals surface area contributed by atoms with Crippen molar-refractivity contribution in [3.8, 4) is 5.75 Å². The highest BCUT2D eigenvalue weighted by Crippen LogP contribution is 2.28. The molecule has 1 N–H and O–H groups in total. The molecule has 0 bridgehead atoms. The maximum atomic E-state index is 11.5. The van der Waals surface area contributed by atoms with Crippen molar-refractivity contribution < 1.29 is 22.7 Å². The molecule has 0 saturated carbocycles. The third-order valence-corrected chi connectivity index (χ3v) is 4.40. The van der Waals surface area contributed by atoms with Gasteiger partial charge in [0.25, 0.3) is 15.0 Å². The number of amides is 1. The van der Waals surface area contributed by atoms with Crippen LogP contribution in [0, 0.1) is 13.8 Å². The Morgan fingerprint density at radius 1 is 1.29 bits per heavy atom. The Bertz CT molecular complexity index is 615. The van der Waals surface area contributed by atoms with Crippen LogP contribution in [0.3, 0.4) is 0 Å². The quantitative estimate of drug-likeness (QED) is 0.601. The maximum Gasteiger partial charge on any atom is 0.261 e. The molecule has 1 aromatic rings. The highest BCUT2D eigenvalue weighted by Gasteiger charge is 2.17. The second-order valence-corrected chi connectivity index (χ2v) is 6.92. The summed E-state index contributed by atoms with van der Waals surface area (Å²) in [7, 11) is 3.09. The number of nitrogens with one attached hydrogen (secondary N) is 1. The van der Waals surface area contributed by atoms with Gasteiger partial charge in [-0.05, 0) is 37.1 Å². The average molecular weight is 336 g/mol. The van der Waals surface area contributed by atoms with Crippen molar-refractivity contribution in [2.45, 2.75) is 18.7 Å². The van der Waals surface area contributed by atoms with E-state index in [4.69, 9.17) is 20.2 Å². The van der Waals surface area contributed by atoms with Crippen molar-refractivity contribution in [1.29, 1.82) is 0 Å². The molecule has 0 heterocycles. The average Bonchev–Trinajstić information content (AvgIpc) is 2.39. The minimum absolute atomic E-state index is 0.0403. The summed E-state index contributed by atoms with van der Waals surface area (Å²) in [6.07, 6.45) is 0. The summed E-state index contributed by atoms with van der Waals surface area (Å²) in [5.74, 6) is 0.164. The summed E-state index contributed by atoms with van der Waals surface area (Å²) in [5, 5.41) is 2.62. The Kier molecular flexibility index (Phi) is 6.44. The Balaban J connectivity index is 2.74. The van der Waals surface area contributed by atoms with E-state index in [2.05, 4.69) is 5.32 Å². The van der Waals surface area contributed by atoms with Gasteiger partial charge in [-0.25, -0.2) is 8.42 Å². The summed E-state index contributed by atoms with van der Waals surface area (Å²) in [6.45, 7) is 4.01. The molecule has 0 aliphatic heterocycles. The van der Waals surface area contributed by atoms with Crippen LogP contribution in [0.15, 0.2) is 17.0 Å². The number of benzene rings is 1. The van der Waals surface area contributed by atoms with Crippen LogP contribution in [-0.4, -0.2) is 41.2 Å². The van der Waals surface area contributed by atoms with E-state index < -0.39 is 9.05 Å². The fourth-order valence-electron chi connectivity index (χ4n) is 1.68. The second-order valence-electron chi connectivity index (χ2n) is 4.38. The lowest BCUT2D eigenvalue weighted by Gasteiger charge is -2.13. The standard InChI is InChI=1S/C13H18ClNO5S/c1-9-10(2)12(21(14,17)18)5-4-11(9)20-8-13(16)15-6-7-19-3/h4-5H,6-8H2,1-3H3,(H,15,16). The van der Waals surface area contributed by atoms with Gasteiger partial charge in [-0.15, -0.1) is 0 Å². The number of ether oxygens (including phenoxy) is 2. The lowest BCUT2D eigenvalue weighted by molar-refractivity contribution is -0.123. The first kappa shape index (κ1) is 17.7. The van der Waals surface area contributed by atoms with E-state index >= 15 is 0 Å². The summed E-state index contributed by atoms with van der Waals surface area (Å²) in [5.41, 5.74) is 1.13.